The number of carbonyl (C=O) groups excluding carboxylic acids is 2. The molecule has 0 aliphatic heterocycles. The Hall–Kier alpha value is -2.85. The molecule has 140 valence electrons. The van der Waals surface area contributed by atoms with Crippen molar-refractivity contribution in [2.24, 2.45) is 0 Å². The van der Waals surface area contributed by atoms with Crippen LogP contribution in [-0.2, 0) is 19.0 Å². The Kier molecular flexibility index (Phi) is 8.88. The summed E-state index contributed by atoms with van der Waals surface area (Å²) in [5.41, 5.74) is 0.818. The lowest BCUT2D eigenvalue weighted by molar-refractivity contribution is -0.139. The fourth-order valence-electron chi connectivity index (χ4n) is 1.72. The van der Waals surface area contributed by atoms with Crippen molar-refractivity contribution < 1.29 is 23.8 Å². The maximum absolute atomic E-state index is 11.6. The molecule has 0 heterocycles. The second-order valence-corrected chi connectivity index (χ2v) is 6.28. The number of nitrogens with one attached hydrogen (secondary N) is 1. The van der Waals surface area contributed by atoms with Crippen molar-refractivity contribution in [1.29, 1.82) is 5.26 Å². The highest BCUT2D eigenvalue weighted by molar-refractivity contribution is 5.87. The van der Waals surface area contributed by atoms with Gasteiger partial charge in [-0.3, -0.25) is 0 Å². The maximum atomic E-state index is 11.6. The average Bonchev–Trinajstić information content (AvgIpc) is 2.58. The molecule has 0 unspecified atom stereocenters. The van der Waals surface area contributed by atoms with Crippen LogP contribution in [0.1, 0.15) is 31.9 Å². The molecule has 0 fully saturated rings. The van der Waals surface area contributed by atoms with Gasteiger partial charge < -0.3 is 19.5 Å². The number of amides is 1. The quantitative estimate of drug-likeness (QED) is 0.435. The number of ether oxygens (including phenoxy) is 3. The van der Waals surface area contributed by atoms with Gasteiger partial charge in [0.05, 0.1) is 24.8 Å². The van der Waals surface area contributed by atoms with Crippen LogP contribution in [-0.4, -0.2) is 44.0 Å². The molecule has 1 N–H and O–H groups in total. The van der Waals surface area contributed by atoms with Gasteiger partial charge in [-0.15, -0.1) is 0 Å². The van der Waals surface area contributed by atoms with Crippen molar-refractivity contribution in [3.8, 4) is 6.07 Å². The maximum Gasteiger partial charge on any atom is 0.407 e. The highest BCUT2D eigenvalue weighted by Gasteiger charge is 2.15. The first kappa shape index (κ1) is 21.2. The lowest BCUT2D eigenvalue weighted by atomic mass is 10.1. The molecular weight excluding hydrogens is 336 g/mol. The minimum Gasteiger partial charge on any atom is -0.460 e. The molecule has 1 aromatic carbocycles. The van der Waals surface area contributed by atoms with Gasteiger partial charge in [0.1, 0.15) is 12.2 Å². The van der Waals surface area contributed by atoms with Crippen LogP contribution in [0.3, 0.4) is 0 Å². The highest BCUT2D eigenvalue weighted by atomic mass is 16.6. The topological polar surface area (TPSA) is 97.7 Å². The summed E-state index contributed by atoms with van der Waals surface area (Å²) in [7, 11) is 0. The van der Waals surface area contributed by atoms with Gasteiger partial charge in [-0.25, -0.2) is 9.59 Å². The Balaban J connectivity index is 2.10. The molecule has 1 rings (SSSR count). The zero-order valence-corrected chi connectivity index (χ0v) is 15.3. The minimum atomic E-state index is -0.537. The molecule has 7 heteroatoms. The van der Waals surface area contributed by atoms with Gasteiger partial charge in [0, 0.05) is 12.6 Å². The molecule has 0 atom stereocenters. The van der Waals surface area contributed by atoms with Crippen LogP contribution in [0.25, 0.3) is 6.08 Å². The molecule has 0 aliphatic rings. The number of nitriles is 1. The molecule has 0 aliphatic carbocycles. The first-order valence-electron chi connectivity index (χ1n) is 8.20. The van der Waals surface area contributed by atoms with E-state index in [2.05, 4.69) is 5.32 Å². The van der Waals surface area contributed by atoms with Crippen LogP contribution in [0, 0.1) is 11.3 Å². The zero-order chi connectivity index (χ0) is 19.4. The van der Waals surface area contributed by atoms with E-state index in [0.717, 1.165) is 5.56 Å². The molecule has 26 heavy (non-hydrogen) atoms. The number of carbonyl (C=O) groups is 2. The van der Waals surface area contributed by atoms with Crippen molar-refractivity contribution in [3.63, 3.8) is 0 Å². The molecular formula is C19H24N2O5. The summed E-state index contributed by atoms with van der Waals surface area (Å²) in [5.74, 6) is -0.482. The van der Waals surface area contributed by atoms with Crippen molar-refractivity contribution in [1.82, 2.24) is 5.32 Å². The predicted octanol–water partition coefficient (Wildman–Crippen LogP) is 2.66. The molecule has 0 radical (unpaired) electrons. The van der Waals surface area contributed by atoms with Crippen molar-refractivity contribution >= 4 is 18.1 Å². The van der Waals surface area contributed by atoms with Gasteiger partial charge in [-0.2, -0.15) is 5.26 Å². The van der Waals surface area contributed by atoms with E-state index in [9.17, 15) is 9.59 Å². The van der Waals surface area contributed by atoms with E-state index < -0.39 is 17.7 Å². The minimum absolute atomic E-state index is 0.114. The van der Waals surface area contributed by atoms with Gasteiger partial charge in [-0.1, -0.05) is 12.1 Å². The van der Waals surface area contributed by atoms with Crippen molar-refractivity contribution in [2.75, 3.05) is 26.4 Å². The number of nitrogens with zero attached hydrogens (tertiary/aromatic N) is 1. The molecule has 0 aromatic heterocycles. The normalized spacial score (nSPS) is 11.0. The molecule has 0 spiro atoms. The second-order valence-electron chi connectivity index (χ2n) is 6.28. The van der Waals surface area contributed by atoms with Gasteiger partial charge >= 0.3 is 12.1 Å². The Morgan fingerprint density at radius 1 is 1.15 bits per heavy atom. The molecule has 7 nitrogen and oxygen atoms in total. The standard InChI is InChI=1S/C19H24N2O5/c1-19(2,3)26-18(23)21-10-11-24-12-13-25-17(22)9-8-15-4-6-16(14-20)7-5-15/h4-9H,10-13H2,1-3H3,(H,21,23)/b9-8+. The molecule has 1 amide bonds. The van der Waals surface area contributed by atoms with E-state index in [4.69, 9.17) is 19.5 Å². The number of hydrogen-bond donors (Lipinski definition) is 1. The third-order valence-electron chi connectivity index (χ3n) is 2.84. The van der Waals surface area contributed by atoms with Crippen molar-refractivity contribution in [3.05, 3.63) is 41.5 Å². The number of rotatable bonds is 8. The Morgan fingerprint density at radius 2 is 1.85 bits per heavy atom. The summed E-state index contributed by atoms with van der Waals surface area (Å²) < 4.78 is 15.3. The molecule has 0 bridgehead atoms. The smallest absolute Gasteiger partial charge is 0.407 e. The van der Waals surface area contributed by atoms with Crippen LogP contribution in [0.2, 0.25) is 0 Å². The monoisotopic (exact) mass is 360 g/mol. The largest absolute Gasteiger partial charge is 0.460 e. The van der Waals surface area contributed by atoms with Crippen LogP contribution < -0.4 is 5.32 Å². The Labute approximate surface area is 153 Å². The van der Waals surface area contributed by atoms with Crippen molar-refractivity contribution in [2.45, 2.75) is 26.4 Å². The summed E-state index contributed by atoms with van der Waals surface area (Å²) in [4.78, 5) is 22.9. The third-order valence-corrected chi connectivity index (χ3v) is 2.84. The fraction of sp³-hybridized carbons (Fsp3) is 0.421. The number of alkyl carbamates (subject to hydrolysis) is 1. The van der Waals surface area contributed by atoms with E-state index in [1.165, 1.54) is 6.08 Å². The lowest BCUT2D eigenvalue weighted by Crippen LogP contribution is -2.34. The van der Waals surface area contributed by atoms with E-state index in [0.29, 0.717) is 12.1 Å². The molecule has 0 saturated heterocycles. The van der Waals surface area contributed by atoms with Gasteiger partial charge in [0.15, 0.2) is 0 Å². The fourth-order valence-corrected chi connectivity index (χ4v) is 1.72. The predicted molar refractivity (Wildman–Crippen MR) is 96.2 cm³/mol. The summed E-state index contributed by atoms with van der Waals surface area (Å²) in [5, 5.41) is 11.3. The van der Waals surface area contributed by atoms with Gasteiger partial charge in [-0.05, 0) is 44.5 Å². The average molecular weight is 360 g/mol. The van der Waals surface area contributed by atoms with Crippen LogP contribution in [0.4, 0.5) is 4.79 Å². The summed E-state index contributed by atoms with van der Waals surface area (Å²) in [6, 6.07) is 8.84. The highest BCUT2D eigenvalue weighted by Crippen LogP contribution is 2.06. The Bertz CT molecular complexity index is 654. The number of benzene rings is 1. The SMILES string of the molecule is CC(C)(C)OC(=O)NCCOCCOC(=O)/C=C/c1ccc(C#N)cc1. The number of esters is 1. The number of hydrogen-bond acceptors (Lipinski definition) is 6. The molecule has 0 saturated carbocycles. The first-order valence-corrected chi connectivity index (χ1v) is 8.20. The Morgan fingerprint density at radius 3 is 2.46 bits per heavy atom. The van der Waals surface area contributed by atoms with Gasteiger partial charge in [0.25, 0.3) is 0 Å². The van der Waals surface area contributed by atoms with E-state index in [1.54, 1.807) is 51.1 Å². The lowest BCUT2D eigenvalue weighted by Gasteiger charge is -2.19. The van der Waals surface area contributed by atoms with Crippen LogP contribution in [0.5, 0.6) is 0 Å². The summed E-state index contributed by atoms with van der Waals surface area (Å²) >= 11 is 0. The third kappa shape index (κ3) is 10.1. The summed E-state index contributed by atoms with van der Waals surface area (Å²) in [6.45, 7) is 6.29. The van der Waals surface area contributed by atoms with E-state index in [-0.39, 0.29) is 19.8 Å². The van der Waals surface area contributed by atoms with Crippen LogP contribution in [0.15, 0.2) is 30.3 Å². The molecule has 1 aromatic rings. The van der Waals surface area contributed by atoms with Crippen LogP contribution >= 0.6 is 0 Å². The first-order chi connectivity index (χ1) is 12.3. The second kappa shape index (κ2) is 10.9. The summed E-state index contributed by atoms with van der Waals surface area (Å²) in [6.07, 6.45) is 2.42. The van der Waals surface area contributed by atoms with E-state index >= 15 is 0 Å². The van der Waals surface area contributed by atoms with E-state index in [1.807, 2.05) is 6.07 Å². The van der Waals surface area contributed by atoms with Gasteiger partial charge in [0.2, 0.25) is 0 Å². The zero-order valence-electron chi connectivity index (χ0n) is 15.3.